The Labute approximate surface area is 101 Å². The average Bonchev–Trinajstić information content (AvgIpc) is 2.31. The Bertz CT molecular complexity index is 295. The minimum absolute atomic E-state index is 0.327. The average molecular weight is 242 g/mol. The number of carbonyl (C=O) groups is 2. The summed E-state index contributed by atoms with van der Waals surface area (Å²) in [4.78, 5) is 22.6. The molecule has 0 saturated heterocycles. The first kappa shape index (κ1) is 15.5. The number of hydrogen-bond donors (Lipinski definition) is 1. The minimum atomic E-state index is -0.890. The molecule has 0 saturated carbocycles. The van der Waals surface area contributed by atoms with Crippen LogP contribution < -0.4 is 0 Å². The molecule has 0 amide bonds. The van der Waals surface area contributed by atoms with Gasteiger partial charge < -0.3 is 14.6 Å². The van der Waals surface area contributed by atoms with E-state index in [4.69, 9.17) is 5.11 Å². The lowest BCUT2D eigenvalue weighted by atomic mass is 10.0. The first-order valence-corrected chi connectivity index (χ1v) is 5.35. The van der Waals surface area contributed by atoms with Crippen LogP contribution in [-0.4, -0.2) is 37.4 Å². The summed E-state index contributed by atoms with van der Waals surface area (Å²) in [5.74, 6) is 3.24. The Morgan fingerprint density at radius 3 is 2.18 bits per heavy atom. The van der Waals surface area contributed by atoms with Gasteiger partial charge in [-0.15, -0.1) is 5.92 Å². The van der Waals surface area contributed by atoms with Crippen LogP contribution in [0.25, 0.3) is 0 Å². The van der Waals surface area contributed by atoms with E-state index in [1.165, 1.54) is 14.2 Å². The van der Waals surface area contributed by atoms with E-state index in [1.54, 1.807) is 6.92 Å². The van der Waals surface area contributed by atoms with E-state index in [-0.39, 0.29) is 0 Å². The molecule has 1 N–H and O–H groups in total. The third-order valence-corrected chi connectivity index (χ3v) is 2.08. The monoisotopic (exact) mass is 242 g/mol. The predicted molar refractivity (Wildman–Crippen MR) is 60.8 cm³/mol. The van der Waals surface area contributed by atoms with Gasteiger partial charge in [-0.2, -0.15) is 0 Å². The van der Waals surface area contributed by atoms with Crippen molar-refractivity contribution in [2.75, 3.05) is 14.2 Å². The number of ether oxygens (including phenoxy) is 2. The second kappa shape index (κ2) is 8.59. The van der Waals surface area contributed by atoms with Gasteiger partial charge in [0.25, 0.3) is 0 Å². The number of hydrogen-bond acceptors (Lipinski definition) is 5. The summed E-state index contributed by atoms with van der Waals surface area (Å²) in [5, 5.41) is 8.89. The van der Waals surface area contributed by atoms with Crippen molar-refractivity contribution in [3.05, 3.63) is 0 Å². The minimum Gasteiger partial charge on any atom is -0.468 e. The van der Waals surface area contributed by atoms with Gasteiger partial charge in [-0.1, -0.05) is 5.92 Å². The lowest BCUT2D eigenvalue weighted by Gasteiger charge is -2.10. The van der Waals surface area contributed by atoms with Gasteiger partial charge in [0.05, 0.1) is 14.2 Å². The van der Waals surface area contributed by atoms with Crippen LogP contribution in [0.4, 0.5) is 0 Å². The molecule has 0 rings (SSSR count). The van der Waals surface area contributed by atoms with Crippen LogP contribution in [0.3, 0.4) is 0 Å². The maximum atomic E-state index is 11.3. The normalized spacial score (nSPS) is 11.4. The highest BCUT2D eigenvalue weighted by Gasteiger charge is 2.27. The summed E-state index contributed by atoms with van der Waals surface area (Å²) in [5.41, 5.74) is 0. The smallest absolute Gasteiger partial charge is 0.320 e. The molecule has 0 aliphatic carbocycles. The molecule has 0 fully saturated rings. The summed E-state index contributed by atoms with van der Waals surface area (Å²) in [6.45, 7) is 1.57. The van der Waals surface area contributed by atoms with Gasteiger partial charge in [0.15, 0.2) is 5.92 Å². The molecule has 0 aliphatic rings. The van der Waals surface area contributed by atoms with Gasteiger partial charge in [0.1, 0.15) is 6.10 Å². The Morgan fingerprint density at radius 1 is 1.24 bits per heavy atom. The van der Waals surface area contributed by atoms with E-state index in [0.717, 1.165) is 0 Å². The first-order chi connectivity index (χ1) is 8.02. The van der Waals surface area contributed by atoms with Gasteiger partial charge in [-0.05, 0) is 19.8 Å². The number of esters is 2. The molecule has 0 heterocycles. The maximum Gasteiger partial charge on any atom is 0.320 e. The predicted octanol–water partition coefficient (Wildman–Crippen LogP) is 0.503. The van der Waals surface area contributed by atoms with Crippen molar-refractivity contribution in [3.63, 3.8) is 0 Å². The zero-order valence-corrected chi connectivity index (χ0v) is 10.4. The molecule has 0 spiro atoms. The molecule has 0 aromatic heterocycles. The Balaban J connectivity index is 4.15. The van der Waals surface area contributed by atoms with Crippen molar-refractivity contribution in [2.24, 2.45) is 5.92 Å². The van der Waals surface area contributed by atoms with Gasteiger partial charge in [0, 0.05) is 6.42 Å². The molecule has 0 aromatic rings. The zero-order valence-electron chi connectivity index (χ0n) is 10.4. The van der Waals surface area contributed by atoms with Crippen molar-refractivity contribution < 1.29 is 24.2 Å². The second-order valence-electron chi connectivity index (χ2n) is 3.49. The zero-order chi connectivity index (χ0) is 13.3. The largest absolute Gasteiger partial charge is 0.468 e. The van der Waals surface area contributed by atoms with E-state index in [1.807, 2.05) is 0 Å². The Hall–Kier alpha value is -1.54. The molecule has 17 heavy (non-hydrogen) atoms. The molecular weight excluding hydrogens is 224 g/mol. The lowest BCUT2D eigenvalue weighted by molar-refractivity contribution is -0.159. The molecule has 1 unspecified atom stereocenters. The third kappa shape index (κ3) is 6.59. The van der Waals surface area contributed by atoms with E-state index in [2.05, 4.69) is 21.3 Å². The molecular formula is C12H18O5. The molecule has 5 nitrogen and oxygen atoms in total. The fourth-order valence-corrected chi connectivity index (χ4v) is 1.23. The quantitative estimate of drug-likeness (QED) is 0.329. The number of aliphatic hydroxyl groups is 1. The van der Waals surface area contributed by atoms with Gasteiger partial charge in [0.2, 0.25) is 0 Å². The molecule has 1 atom stereocenters. The van der Waals surface area contributed by atoms with Crippen LogP contribution in [0, 0.1) is 17.8 Å². The van der Waals surface area contributed by atoms with Crippen LogP contribution in [0.5, 0.6) is 0 Å². The van der Waals surface area contributed by atoms with Gasteiger partial charge in [-0.25, -0.2) is 0 Å². The van der Waals surface area contributed by atoms with Gasteiger partial charge >= 0.3 is 11.9 Å². The maximum absolute atomic E-state index is 11.3. The van der Waals surface area contributed by atoms with Crippen molar-refractivity contribution in [3.8, 4) is 11.8 Å². The summed E-state index contributed by atoms with van der Waals surface area (Å²) >= 11 is 0. The third-order valence-electron chi connectivity index (χ3n) is 2.08. The van der Waals surface area contributed by atoms with E-state index in [0.29, 0.717) is 19.3 Å². The molecule has 0 aromatic carbocycles. The topological polar surface area (TPSA) is 72.8 Å². The van der Waals surface area contributed by atoms with E-state index < -0.39 is 24.0 Å². The van der Waals surface area contributed by atoms with Crippen molar-refractivity contribution in [1.29, 1.82) is 0 Å². The number of rotatable bonds is 5. The summed E-state index contributed by atoms with van der Waals surface area (Å²) < 4.78 is 9.03. The second-order valence-corrected chi connectivity index (χ2v) is 3.49. The fraction of sp³-hybridized carbons (Fsp3) is 0.667. The van der Waals surface area contributed by atoms with Crippen molar-refractivity contribution in [2.45, 2.75) is 32.3 Å². The van der Waals surface area contributed by atoms with E-state index in [9.17, 15) is 9.59 Å². The lowest BCUT2D eigenvalue weighted by Crippen LogP contribution is -2.26. The van der Waals surface area contributed by atoms with Crippen molar-refractivity contribution in [1.82, 2.24) is 0 Å². The van der Waals surface area contributed by atoms with Crippen LogP contribution in [0.15, 0.2) is 0 Å². The first-order valence-electron chi connectivity index (χ1n) is 5.35. The van der Waals surface area contributed by atoms with Crippen LogP contribution in [0.2, 0.25) is 0 Å². The Kier molecular flexibility index (Phi) is 7.82. The molecule has 96 valence electrons. The molecule has 0 aliphatic heterocycles. The van der Waals surface area contributed by atoms with Gasteiger partial charge in [-0.3, -0.25) is 9.59 Å². The summed E-state index contributed by atoms with van der Waals surface area (Å²) in [6.07, 6.45) is 0.740. The number of unbranched alkanes of at least 4 members (excludes halogenated alkanes) is 1. The molecule has 0 bridgehead atoms. The highest BCUT2D eigenvalue weighted by molar-refractivity contribution is 5.94. The van der Waals surface area contributed by atoms with Crippen LogP contribution in [-0.2, 0) is 19.1 Å². The Morgan fingerprint density at radius 2 is 1.76 bits per heavy atom. The number of methoxy groups -OCH3 is 2. The molecule has 0 radical (unpaired) electrons. The fourth-order valence-electron chi connectivity index (χ4n) is 1.23. The van der Waals surface area contributed by atoms with Crippen LogP contribution >= 0.6 is 0 Å². The standard InChI is InChI=1S/C12H18O5/c1-9(13)7-5-4-6-8-10(11(14)16-2)12(15)17-3/h9-10,13H,4,6,8H2,1-3H3. The van der Waals surface area contributed by atoms with Crippen LogP contribution in [0.1, 0.15) is 26.2 Å². The highest BCUT2D eigenvalue weighted by atomic mass is 16.5. The summed E-state index contributed by atoms with van der Waals surface area (Å²) in [7, 11) is 2.46. The van der Waals surface area contributed by atoms with Crippen molar-refractivity contribution >= 4 is 11.9 Å². The highest BCUT2D eigenvalue weighted by Crippen LogP contribution is 2.12. The van der Waals surface area contributed by atoms with E-state index >= 15 is 0 Å². The SMILES string of the molecule is COC(=O)C(CCCC#CC(C)O)C(=O)OC. The number of carbonyl (C=O) groups excluding carboxylic acids is 2. The summed E-state index contributed by atoms with van der Waals surface area (Å²) in [6, 6.07) is 0. The molecule has 5 heteroatoms. The number of aliphatic hydroxyl groups excluding tert-OH is 1.